The van der Waals surface area contributed by atoms with Crippen molar-refractivity contribution in [1.82, 2.24) is 0 Å². The zero-order valence-electron chi connectivity index (χ0n) is 9.44. The molecule has 84 valence electrons. The van der Waals surface area contributed by atoms with Crippen molar-refractivity contribution in [3.63, 3.8) is 0 Å². The predicted molar refractivity (Wildman–Crippen MR) is 73.9 cm³/mol. The lowest BCUT2D eigenvalue weighted by atomic mass is 9.64. The fraction of sp³-hybridized carbons (Fsp3) is 0.250. The summed E-state index contributed by atoms with van der Waals surface area (Å²) < 4.78 is 0. The largest absolute Gasteiger partial charge is 0.0880 e. The summed E-state index contributed by atoms with van der Waals surface area (Å²) in [6.07, 6.45) is 1.23. The van der Waals surface area contributed by atoms with E-state index in [2.05, 4.69) is 64.5 Å². The van der Waals surface area contributed by atoms with Crippen molar-refractivity contribution in [2.75, 3.05) is 0 Å². The summed E-state index contributed by atoms with van der Waals surface area (Å²) in [6, 6.07) is 17.9. The van der Waals surface area contributed by atoms with Gasteiger partial charge in [0, 0.05) is 16.7 Å². The standard InChI is InChI=1S/C16H13Br/c17-15-9-14-10-5-1-3-7-12(10)16(15)13-8-4-2-6-11(13)14/h1-8,14-16H,9H2/t14?,15-,16?/m1/s1. The van der Waals surface area contributed by atoms with Gasteiger partial charge in [-0.2, -0.15) is 0 Å². The Balaban J connectivity index is 2.04. The van der Waals surface area contributed by atoms with Gasteiger partial charge in [-0.25, -0.2) is 0 Å². The lowest BCUT2D eigenvalue weighted by molar-refractivity contribution is 0.540. The second kappa shape index (κ2) is 3.46. The van der Waals surface area contributed by atoms with Gasteiger partial charge in [0.25, 0.3) is 0 Å². The van der Waals surface area contributed by atoms with Gasteiger partial charge in [0.1, 0.15) is 0 Å². The quantitative estimate of drug-likeness (QED) is 0.628. The molecule has 0 fully saturated rings. The summed E-state index contributed by atoms with van der Waals surface area (Å²) >= 11 is 3.89. The van der Waals surface area contributed by atoms with E-state index in [1.165, 1.54) is 17.5 Å². The first-order valence-corrected chi connectivity index (χ1v) is 7.09. The van der Waals surface area contributed by atoms with E-state index < -0.39 is 0 Å². The number of hydrogen-bond donors (Lipinski definition) is 0. The highest BCUT2D eigenvalue weighted by atomic mass is 79.9. The van der Waals surface area contributed by atoms with Crippen LogP contribution in [-0.4, -0.2) is 4.83 Å². The van der Waals surface area contributed by atoms with Crippen molar-refractivity contribution in [3.8, 4) is 0 Å². The van der Waals surface area contributed by atoms with Gasteiger partial charge in [-0.3, -0.25) is 0 Å². The summed E-state index contributed by atoms with van der Waals surface area (Å²) in [5.41, 5.74) is 6.16. The molecule has 1 atom stereocenters. The van der Waals surface area contributed by atoms with Gasteiger partial charge >= 0.3 is 0 Å². The Kier molecular flexibility index (Phi) is 2.01. The SMILES string of the molecule is Br[C@@H]1CC2c3ccccc3C1c1ccccc12. The van der Waals surface area contributed by atoms with Crippen molar-refractivity contribution >= 4 is 15.9 Å². The second-order valence-electron chi connectivity index (χ2n) is 5.04. The average molecular weight is 285 g/mol. The molecule has 17 heavy (non-hydrogen) atoms. The van der Waals surface area contributed by atoms with E-state index in [1.54, 1.807) is 11.1 Å². The van der Waals surface area contributed by atoms with Crippen LogP contribution < -0.4 is 0 Å². The molecule has 5 rings (SSSR count). The van der Waals surface area contributed by atoms with Crippen LogP contribution >= 0.6 is 15.9 Å². The molecule has 0 unspecified atom stereocenters. The third kappa shape index (κ3) is 1.23. The number of benzene rings is 2. The highest BCUT2D eigenvalue weighted by Gasteiger charge is 2.41. The van der Waals surface area contributed by atoms with E-state index in [0.29, 0.717) is 16.7 Å². The highest BCUT2D eigenvalue weighted by molar-refractivity contribution is 9.09. The predicted octanol–water partition coefficient (Wildman–Crippen LogP) is 4.43. The summed E-state index contributed by atoms with van der Waals surface area (Å²) in [6.45, 7) is 0. The normalized spacial score (nSPS) is 28.6. The maximum Gasteiger partial charge on any atom is 0.0264 e. The molecule has 2 aromatic rings. The number of rotatable bonds is 0. The molecule has 3 aliphatic rings. The Bertz CT molecular complexity index is 540. The maximum atomic E-state index is 3.89. The highest BCUT2D eigenvalue weighted by Crippen LogP contribution is 2.54. The Morgan fingerprint density at radius 2 is 1.24 bits per heavy atom. The first-order valence-electron chi connectivity index (χ1n) is 6.18. The first kappa shape index (κ1) is 9.90. The molecule has 0 aliphatic heterocycles. The van der Waals surface area contributed by atoms with Crippen molar-refractivity contribution in [3.05, 3.63) is 70.8 Å². The molecule has 0 radical (unpaired) electrons. The van der Waals surface area contributed by atoms with Gasteiger partial charge in [-0.15, -0.1) is 0 Å². The molecule has 3 aliphatic carbocycles. The van der Waals surface area contributed by atoms with Crippen LogP contribution in [0.3, 0.4) is 0 Å². The fourth-order valence-corrected chi connectivity index (χ4v) is 4.51. The van der Waals surface area contributed by atoms with Gasteiger partial charge < -0.3 is 0 Å². The molecule has 2 aromatic carbocycles. The molecular weight excluding hydrogens is 272 g/mol. The summed E-state index contributed by atoms with van der Waals surface area (Å²) in [5.74, 6) is 1.14. The molecule has 0 saturated carbocycles. The minimum Gasteiger partial charge on any atom is -0.0880 e. The van der Waals surface area contributed by atoms with Crippen molar-refractivity contribution in [2.45, 2.75) is 23.1 Å². The zero-order chi connectivity index (χ0) is 11.4. The Morgan fingerprint density at radius 1 is 0.765 bits per heavy atom. The van der Waals surface area contributed by atoms with E-state index in [9.17, 15) is 0 Å². The third-order valence-corrected chi connectivity index (χ3v) is 5.14. The molecule has 0 nitrogen and oxygen atoms in total. The molecule has 0 N–H and O–H groups in total. The van der Waals surface area contributed by atoms with E-state index in [4.69, 9.17) is 0 Å². The van der Waals surface area contributed by atoms with Gasteiger partial charge in [0.05, 0.1) is 0 Å². The van der Waals surface area contributed by atoms with E-state index in [-0.39, 0.29) is 0 Å². The maximum absolute atomic E-state index is 3.89. The van der Waals surface area contributed by atoms with Gasteiger partial charge in [-0.1, -0.05) is 64.5 Å². The second-order valence-corrected chi connectivity index (χ2v) is 6.22. The molecule has 0 aromatic heterocycles. The molecule has 0 spiro atoms. The van der Waals surface area contributed by atoms with Crippen LogP contribution in [0.4, 0.5) is 0 Å². The first-order chi connectivity index (χ1) is 8.36. The summed E-state index contributed by atoms with van der Waals surface area (Å²) in [4.78, 5) is 0.595. The van der Waals surface area contributed by atoms with Gasteiger partial charge in [0.15, 0.2) is 0 Å². The van der Waals surface area contributed by atoms with Crippen molar-refractivity contribution in [2.24, 2.45) is 0 Å². The van der Waals surface area contributed by atoms with Crippen LogP contribution in [0.2, 0.25) is 0 Å². The number of alkyl halides is 1. The molecule has 2 bridgehead atoms. The molecule has 0 amide bonds. The Morgan fingerprint density at radius 3 is 1.76 bits per heavy atom. The van der Waals surface area contributed by atoms with Crippen LogP contribution in [0.15, 0.2) is 48.5 Å². The molecule has 1 heteroatoms. The lowest BCUT2D eigenvalue weighted by Crippen LogP contribution is -2.32. The number of halogens is 1. The van der Waals surface area contributed by atoms with Gasteiger partial charge in [0.2, 0.25) is 0 Å². The zero-order valence-corrected chi connectivity index (χ0v) is 11.0. The van der Waals surface area contributed by atoms with Crippen LogP contribution in [0.5, 0.6) is 0 Å². The molecular formula is C16H13Br. The third-order valence-electron chi connectivity index (χ3n) is 4.24. The number of hydrogen-bond acceptors (Lipinski definition) is 0. The van der Waals surface area contributed by atoms with Crippen molar-refractivity contribution in [1.29, 1.82) is 0 Å². The van der Waals surface area contributed by atoms with Gasteiger partial charge in [-0.05, 0) is 28.7 Å². The van der Waals surface area contributed by atoms with Crippen LogP contribution in [0, 0.1) is 0 Å². The van der Waals surface area contributed by atoms with Crippen molar-refractivity contribution < 1.29 is 0 Å². The average Bonchev–Trinajstić information content (AvgIpc) is 2.39. The monoisotopic (exact) mass is 284 g/mol. The topological polar surface area (TPSA) is 0 Å². The van der Waals surface area contributed by atoms with Crippen LogP contribution in [0.25, 0.3) is 0 Å². The summed E-state index contributed by atoms with van der Waals surface area (Å²) in [7, 11) is 0. The summed E-state index contributed by atoms with van der Waals surface area (Å²) in [5, 5.41) is 0. The Hall–Kier alpha value is -1.08. The van der Waals surface area contributed by atoms with E-state index in [0.717, 1.165) is 0 Å². The lowest BCUT2D eigenvalue weighted by Gasteiger charge is -2.43. The van der Waals surface area contributed by atoms with Crippen LogP contribution in [-0.2, 0) is 0 Å². The van der Waals surface area contributed by atoms with Crippen LogP contribution in [0.1, 0.15) is 40.5 Å². The fourth-order valence-electron chi connectivity index (χ4n) is 3.56. The number of fused-ring (bicyclic) bond motifs is 1. The molecule has 0 saturated heterocycles. The van der Waals surface area contributed by atoms with E-state index in [1.807, 2.05) is 0 Å². The smallest absolute Gasteiger partial charge is 0.0264 e. The minimum atomic E-state index is 0.549. The molecule has 0 heterocycles. The van der Waals surface area contributed by atoms with E-state index >= 15 is 0 Å². The Labute approximate surface area is 110 Å². The minimum absolute atomic E-state index is 0.549.